The summed E-state index contributed by atoms with van der Waals surface area (Å²) in [7, 11) is 1.56. The van der Waals surface area contributed by atoms with Gasteiger partial charge in [-0.2, -0.15) is 0 Å². The first-order valence-electron chi connectivity index (χ1n) is 10.4. The first-order valence-corrected chi connectivity index (χ1v) is 10.4. The summed E-state index contributed by atoms with van der Waals surface area (Å²) in [5, 5.41) is 17.0. The third-order valence-electron chi connectivity index (χ3n) is 5.41. The molecule has 1 aromatic heterocycles. The Balaban J connectivity index is 1.63. The average Bonchev–Trinajstić information content (AvgIpc) is 2.79. The van der Waals surface area contributed by atoms with Gasteiger partial charge in [0.15, 0.2) is 0 Å². The summed E-state index contributed by atoms with van der Waals surface area (Å²) in [6, 6.07) is 9.51. The van der Waals surface area contributed by atoms with E-state index in [0.29, 0.717) is 43.9 Å². The number of pyridine rings is 1. The molecule has 10 heteroatoms. The highest BCUT2D eigenvalue weighted by Gasteiger charge is 2.29. The number of piperidine rings is 1. The van der Waals surface area contributed by atoms with E-state index >= 15 is 0 Å². The van der Waals surface area contributed by atoms with Gasteiger partial charge >= 0.3 is 5.69 Å². The molecule has 1 aromatic carbocycles. The molecule has 0 bridgehead atoms. The van der Waals surface area contributed by atoms with Gasteiger partial charge < -0.3 is 20.3 Å². The predicted molar refractivity (Wildman–Crippen MR) is 119 cm³/mol. The lowest BCUT2D eigenvalue weighted by Crippen LogP contribution is -2.52. The van der Waals surface area contributed by atoms with Gasteiger partial charge in [0.25, 0.3) is 0 Å². The van der Waals surface area contributed by atoms with Gasteiger partial charge in [0.2, 0.25) is 17.6 Å². The normalized spacial score (nSPS) is 15.0. The molecule has 2 heterocycles. The number of nitro groups is 1. The monoisotopic (exact) mass is 441 g/mol. The molecule has 0 spiro atoms. The molecular weight excluding hydrogens is 414 g/mol. The van der Waals surface area contributed by atoms with E-state index in [-0.39, 0.29) is 23.5 Å². The minimum absolute atomic E-state index is 0.0301. The van der Waals surface area contributed by atoms with Gasteiger partial charge in [-0.05, 0) is 30.5 Å². The summed E-state index contributed by atoms with van der Waals surface area (Å²) in [4.78, 5) is 41.5. The van der Waals surface area contributed by atoms with Crippen LogP contribution in [0.25, 0.3) is 0 Å². The van der Waals surface area contributed by atoms with Crippen LogP contribution >= 0.6 is 0 Å². The topological polar surface area (TPSA) is 127 Å². The van der Waals surface area contributed by atoms with Crippen molar-refractivity contribution in [2.45, 2.75) is 38.3 Å². The zero-order chi connectivity index (χ0) is 23.1. The lowest BCUT2D eigenvalue weighted by atomic mass is 10.0. The van der Waals surface area contributed by atoms with Gasteiger partial charge in [0.05, 0.1) is 12.0 Å². The molecule has 1 saturated heterocycles. The fraction of sp³-hybridized carbons (Fsp3) is 0.409. The number of hydrogen-bond acceptors (Lipinski definition) is 7. The van der Waals surface area contributed by atoms with E-state index in [4.69, 9.17) is 4.74 Å². The average molecular weight is 441 g/mol. The van der Waals surface area contributed by atoms with Crippen molar-refractivity contribution in [3.63, 3.8) is 0 Å². The number of anilines is 1. The number of nitrogens with zero attached hydrogens (tertiary/aromatic N) is 3. The van der Waals surface area contributed by atoms with Crippen LogP contribution in [0.2, 0.25) is 0 Å². The first-order chi connectivity index (χ1) is 15.4. The van der Waals surface area contributed by atoms with E-state index < -0.39 is 11.0 Å². The van der Waals surface area contributed by atoms with Crippen molar-refractivity contribution in [1.82, 2.24) is 15.6 Å². The molecule has 2 aromatic rings. The van der Waals surface area contributed by atoms with Crippen LogP contribution < -0.4 is 20.3 Å². The molecule has 0 saturated carbocycles. The van der Waals surface area contributed by atoms with Crippen LogP contribution in [0.15, 0.2) is 42.6 Å². The number of benzene rings is 1. The van der Waals surface area contributed by atoms with Gasteiger partial charge in [-0.25, -0.2) is 4.98 Å². The van der Waals surface area contributed by atoms with Crippen LogP contribution in [0.1, 0.15) is 25.3 Å². The highest BCUT2D eigenvalue weighted by molar-refractivity contribution is 5.87. The molecular formula is C22H27N5O5. The molecule has 2 N–H and O–H groups in total. The second-order valence-corrected chi connectivity index (χ2v) is 7.64. The van der Waals surface area contributed by atoms with Crippen molar-refractivity contribution in [1.29, 1.82) is 0 Å². The van der Waals surface area contributed by atoms with E-state index in [9.17, 15) is 19.7 Å². The van der Waals surface area contributed by atoms with Crippen molar-refractivity contribution in [2.75, 3.05) is 25.1 Å². The highest BCUT2D eigenvalue weighted by atomic mass is 16.6. The second-order valence-electron chi connectivity index (χ2n) is 7.64. The Hall–Kier alpha value is -3.69. The lowest BCUT2D eigenvalue weighted by Gasteiger charge is -2.33. The Morgan fingerprint density at radius 2 is 1.97 bits per heavy atom. The van der Waals surface area contributed by atoms with Crippen molar-refractivity contribution in [3.05, 3.63) is 58.3 Å². The molecule has 10 nitrogen and oxygen atoms in total. The van der Waals surface area contributed by atoms with Crippen molar-refractivity contribution >= 4 is 23.3 Å². The van der Waals surface area contributed by atoms with Gasteiger partial charge in [0.1, 0.15) is 11.8 Å². The Morgan fingerprint density at radius 3 is 2.62 bits per heavy atom. The van der Waals surface area contributed by atoms with Crippen LogP contribution in [0, 0.1) is 10.1 Å². The minimum atomic E-state index is -0.737. The minimum Gasteiger partial charge on any atom is -0.496 e. The summed E-state index contributed by atoms with van der Waals surface area (Å²) in [6.45, 7) is 2.43. The number of aromatic nitrogens is 1. The van der Waals surface area contributed by atoms with Gasteiger partial charge in [-0.3, -0.25) is 19.7 Å². The van der Waals surface area contributed by atoms with Crippen LogP contribution in [0.3, 0.4) is 0 Å². The van der Waals surface area contributed by atoms with Gasteiger partial charge in [0, 0.05) is 44.7 Å². The smallest absolute Gasteiger partial charge is 0.311 e. The van der Waals surface area contributed by atoms with E-state index in [1.54, 1.807) is 13.2 Å². The third-order valence-corrected chi connectivity index (χ3v) is 5.41. The zero-order valence-electron chi connectivity index (χ0n) is 18.1. The second kappa shape index (κ2) is 10.6. The number of methoxy groups -OCH3 is 1. The number of rotatable bonds is 8. The molecule has 1 aliphatic heterocycles. The van der Waals surface area contributed by atoms with Gasteiger partial charge in [-0.15, -0.1) is 0 Å². The first kappa shape index (κ1) is 23.0. The van der Waals surface area contributed by atoms with E-state index in [1.165, 1.54) is 19.2 Å². The summed E-state index contributed by atoms with van der Waals surface area (Å²) in [5.74, 6) is 0.432. The SMILES string of the molecule is COc1ccccc1C[C@H](NC(C)=O)C(=O)NC1CCN(c2ncccc2[N+](=O)[O-])CC1. The van der Waals surface area contributed by atoms with E-state index in [2.05, 4.69) is 15.6 Å². The van der Waals surface area contributed by atoms with Crippen LogP contribution in [0.4, 0.5) is 11.5 Å². The van der Waals surface area contributed by atoms with Crippen LogP contribution in [-0.2, 0) is 16.0 Å². The van der Waals surface area contributed by atoms with E-state index in [0.717, 1.165) is 5.56 Å². The lowest BCUT2D eigenvalue weighted by molar-refractivity contribution is -0.384. The Kier molecular flexibility index (Phi) is 7.58. The fourth-order valence-corrected chi connectivity index (χ4v) is 3.86. The number of nitrogens with one attached hydrogen (secondary N) is 2. The number of carbonyl (C=O) groups excluding carboxylic acids is 2. The highest BCUT2D eigenvalue weighted by Crippen LogP contribution is 2.27. The molecule has 3 rings (SSSR count). The Bertz CT molecular complexity index is 975. The summed E-state index contributed by atoms with van der Waals surface area (Å²) < 4.78 is 5.36. The molecule has 0 unspecified atom stereocenters. The number of ether oxygens (including phenoxy) is 1. The van der Waals surface area contributed by atoms with Crippen LogP contribution in [0.5, 0.6) is 5.75 Å². The Morgan fingerprint density at radius 1 is 1.25 bits per heavy atom. The summed E-state index contributed by atoms with van der Waals surface area (Å²) in [5.41, 5.74) is 0.790. The maximum absolute atomic E-state index is 13.0. The van der Waals surface area contributed by atoms with E-state index in [1.807, 2.05) is 29.2 Å². The molecule has 32 heavy (non-hydrogen) atoms. The van der Waals surface area contributed by atoms with Gasteiger partial charge in [-0.1, -0.05) is 18.2 Å². The number of hydrogen-bond donors (Lipinski definition) is 2. The fourth-order valence-electron chi connectivity index (χ4n) is 3.86. The molecule has 1 fully saturated rings. The van der Waals surface area contributed by atoms with Crippen LogP contribution in [-0.4, -0.2) is 54.0 Å². The number of amides is 2. The standard InChI is InChI=1S/C22H27N5O5/c1-15(28)24-18(14-16-6-3-4-8-20(16)32-2)22(29)25-17-9-12-26(13-10-17)21-19(27(30)31)7-5-11-23-21/h3-8,11,17-18H,9-10,12-14H2,1-2H3,(H,24,28)(H,25,29)/t18-/m0/s1. The predicted octanol–water partition coefficient (Wildman–Crippen LogP) is 1.83. The van der Waals surface area contributed by atoms with Crippen molar-refractivity contribution in [3.8, 4) is 5.75 Å². The zero-order valence-corrected chi connectivity index (χ0v) is 18.1. The largest absolute Gasteiger partial charge is 0.496 e. The molecule has 0 radical (unpaired) electrons. The van der Waals surface area contributed by atoms with Crippen molar-refractivity contribution < 1.29 is 19.2 Å². The number of carbonyl (C=O) groups is 2. The molecule has 170 valence electrons. The maximum Gasteiger partial charge on any atom is 0.311 e. The van der Waals surface area contributed by atoms with Crippen molar-refractivity contribution in [2.24, 2.45) is 0 Å². The quantitative estimate of drug-likeness (QED) is 0.473. The number of para-hydroxylation sites is 1. The molecule has 1 atom stereocenters. The molecule has 2 amide bonds. The Labute approximate surface area is 186 Å². The summed E-state index contributed by atoms with van der Waals surface area (Å²) in [6.07, 6.45) is 3.06. The maximum atomic E-state index is 13.0. The molecule has 1 aliphatic rings. The summed E-state index contributed by atoms with van der Waals surface area (Å²) >= 11 is 0. The molecule has 0 aliphatic carbocycles. The third kappa shape index (κ3) is 5.71.